The van der Waals surface area contributed by atoms with Gasteiger partial charge in [0.2, 0.25) is 17.5 Å². The van der Waals surface area contributed by atoms with Crippen LogP contribution in [0.1, 0.15) is 34.8 Å². The molecule has 0 unspecified atom stereocenters. The van der Waals surface area contributed by atoms with Gasteiger partial charge in [0.1, 0.15) is 0 Å². The largest absolute Gasteiger partial charge is 0.366 e. The van der Waals surface area contributed by atoms with Gasteiger partial charge in [-0.15, -0.1) is 0 Å². The quantitative estimate of drug-likeness (QED) is 0.639. The standard InChI is InChI=1S/C14H13NO3/c1-2-12(16)13(17)9-4-3-8-5-11(14(15)18)7-10(8)6-9/h3-4,6-7H,2,5H2,1H3,(H2,15,18). The minimum Gasteiger partial charge on any atom is -0.366 e. The Morgan fingerprint density at radius 3 is 2.61 bits per heavy atom. The van der Waals surface area contributed by atoms with Gasteiger partial charge < -0.3 is 5.73 Å². The summed E-state index contributed by atoms with van der Waals surface area (Å²) in [4.78, 5) is 34.2. The van der Waals surface area contributed by atoms with Gasteiger partial charge in [0.15, 0.2) is 0 Å². The van der Waals surface area contributed by atoms with Crippen LogP contribution in [0.15, 0.2) is 23.8 Å². The number of hydrogen-bond acceptors (Lipinski definition) is 3. The van der Waals surface area contributed by atoms with E-state index in [0.29, 0.717) is 17.6 Å². The van der Waals surface area contributed by atoms with E-state index >= 15 is 0 Å². The molecule has 0 spiro atoms. The van der Waals surface area contributed by atoms with E-state index in [1.807, 2.05) is 0 Å². The third-order valence-corrected chi connectivity index (χ3v) is 3.01. The molecule has 1 amide bonds. The molecular formula is C14H13NO3. The lowest BCUT2D eigenvalue weighted by atomic mass is 10.0. The van der Waals surface area contributed by atoms with Crippen LogP contribution in [-0.2, 0) is 16.0 Å². The lowest BCUT2D eigenvalue weighted by molar-refractivity contribution is -0.115. The molecule has 18 heavy (non-hydrogen) atoms. The first kappa shape index (κ1) is 12.2. The number of amides is 1. The van der Waals surface area contributed by atoms with E-state index in [-0.39, 0.29) is 6.42 Å². The molecule has 4 heteroatoms. The van der Waals surface area contributed by atoms with Crippen molar-refractivity contribution in [3.8, 4) is 0 Å². The molecule has 0 bridgehead atoms. The first-order valence-electron chi connectivity index (χ1n) is 5.73. The van der Waals surface area contributed by atoms with Gasteiger partial charge in [0.25, 0.3) is 0 Å². The highest BCUT2D eigenvalue weighted by molar-refractivity contribution is 6.43. The molecule has 0 heterocycles. The van der Waals surface area contributed by atoms with Gasteiger partial charge in [-0.25, -0.2) is 0 Å². The van der Waals surface area contributed by atoms with Gasteiger partial charge in [-0.3, -0.25) is 14.4 Å². The highest BCUT2D eigenvalue weighted by atomic mass is 16.2. The minimum atomic E-state index is -0.485. The lowest BCUT2D eigenvalue weighted by Crippen LogP contribution is -2.13. The molecule has 1 aliphatic rings. The molecule has 0 aromatic heterocycles. The smallest absolute Gasteiger partial charge is 0.244 e. The predicted molar refractivity (Wildman–Crippen MR) is 66.9 cm³/mol. The summed E-state index contributed by atoms with van der Waals surface area (Å²) in [5.74, 6) is -1.35. The third kappa shape index (κ3) is 2.09. The number of ketones is 2. The van der Waals surface area contributed by atoms with Crippen molar-refractivity contribution in [2.75, 3.05) is 0 Å². The summed E-state index contributed by atoms with van der Waals surface area (Å²) in [6, 6.07) is 5.02. The average Bonchev–Trinajstić information content (AvgIpc) is 2.79. The number of hydrogen-bond donors (Lipinski definition) is 1. The summed E-state index contributed by atoms with van der Waals surface area (Å²) in [5, 5.41) is 0. The van der Waals surface area contributed by atoms with Crippen LogP contribution in [-0.4, -0.2) is 17.5 Å². The molecule has 0 fully saturated rings. The number of carbonyl (C=O) groups is 3. The molecule has 4 nitrogen and oxygen atoms in total. The number of fused-ring (bicyclic) bond motifs is 1. The second-order valence-corrected chi connectivity index (χ2v) is 4.23. The Bertz CT molecular complexity index is 585. The maximum Gasteiger partial charge on any atom is 0.244 e. The van der Waals surface area contributed by atoms with Gasteiger partial charge in [-0.2, -0.15) is 0 Å². The SMILES string of the molecule is CCC(=O)C(=O)c1ccc2c(c1)C=C(C(N)=O)C2. The summed E-state index contributed by atoms with van der Waals surface area (Å²) in [6.45, 7) is 1.65. The van der Waals surface area contributed by atoms with E-state index in [1.54, 1.807) is 31.2 Å². The molecule has 0 saturated carbocycles. The van der Waals surface area contributed by atoms with Gasteiger partial charge in [0.05, 0.1) is 0 Å². The van der Waals surface area contributed by atoms with Gasteiger partial charge in [0, 0.05) is 24.0 Å². The number of rotatable bonds is 4. The molecule has 0 radical (unpaired) electrons. The first-order chi connectivity index (χ1) is 8.52. The number of nitrogens with two attached hydrogens (primary N) is 1. The van der Waals surface area contributed by atoms with E-state index in [1.165, 1.54) is 0 Å². The minimum absolute atomic E-state index is 0.193. The molecule has 1 aromatic rings. The fourth-order valence-electron chi connectivity index (χ4n) is 1.96. The zero-order chi connectivity index (χ0) is 13.3. The van der Waals surface area contributed by atoms with Crippen molar-refractivity contribution in [2.45, 2.75) is 19.8 Å². The Morgan fingerprint density at radius 2 is 2.00 bits per heavy atom. The highest BCUT2D eigenvalue weighted by Crippen LogP contribution is 2.26. The predicted octanol–water partition coefficient (Wildman–Crippen LogP) is 1.27. The molecule has 0 aliphatic heterocycles. The molecule has 1 aromatic carbocycles. The van der Waals surface area contributed by atoms with Crippen LogP contribution < -0.4 is 5.73 Å². The van der Waals surface area contributed by atoms with E-state index in [4.69, 9.17) is 5.73 Å². The topological polar surface area (TPSA) is 77.2 Å². The highest BCUT2D eigenvalue weighted by Gasteiger charge is 2.20. The Kier molecular flexibility index (Phi) is 3.10. The second kappa shape index (κ2) is 4.56. The van der Waals surface area contributed by atoms with Crippen molar-refractivity contribution in [1.29, 1.82) is 0 Å². The second-order valence-electron chi connectivity index (χ2n) is 4.23. The Hall–Kier alpha value is -2.23. The van der Waals surface area contributed by atoms with Crippen LogP contribution in [0.25, 0.3) is 6.08 Å². The van der Waals surface area contributed by atoms with Crippen molar-refractivity contribution in [1.82, 2.24) is 0 Å². The van der Waals surface area contributed by atoms with Crippen LogP contribution in [0.4, 0.5) is 0 Å². The van der Waals surface area contributed by atoms with Crippen LogP contribution in [0.2, 0.25) is 0 Å². The van der Waals surface area contributed by atoms with Crippen LogP contribution in [0.5, 0.6) is 0 Å². The van der Waals surface area contributed by atoms with Crippen molar-refractivity contribution in [3.63, 3.8) is 0 Å². The normalized spacial score (nSPS) is 12.8. The Morgan fingerprint density at radius 1 is 1.28 bits per heavy atom. The van der Waals surface area contributed by atoms with E-state index < -0.39 is 17.5 Å². The molecular weight excluding hydrogens is 230 g/mol. The third-order valence-electron chi connectivity index (χ3n) is 3.01. The molecule has 2 N–H and O–H groups in total. The summed E-state index contributed by atoms with van der Waals surface area (Å²) in [6.07, 6.45) is 2.35. The average molecular weight is 243 g/mol. The lowest BCUT2D eigenvalue weighted by Gasteiger charge is -2.02. The van der Waals surface area contributed by atoms with E-state index in [2.05, 4.69) is 0 Å². The molecule has 0 saturated heterocycles. The number of primary amides is 1. The van der Waals surface area contributed by atoms with Crippen molar-refractivity contribution < 1.29 is 14.4 Å². The van der Waals surface area contributed by atoms with Gasteiger partial charge in [-0.1, -0.05) is 19.1 Å². The Balaban J connectivity index is 2.35. The zero-order valence-corrected chi connectivity index (χ0v) is 10.0. The van der Waals surface area contributed by atoms with Crippen molar-refractivity contribution in [2.24, 2.45) is 5.73 Å². The summed E-state index contributed by atoms with van der Waals surface area (Å²) in [7, 11) is 0. The number of benzene rings is 1. The first-order valence-corrected chi connectivity index (χ1v) is 5.73. The number of carbonyl (C=O) groups excluding carboxylic acids is 3. The van der Waals surface area contributed by atoms with E-state index in [0.717, 1.165) is 11.1 Å². The maximum absolute atomic E-state index is 11.7. The number of Topliss-reactive ketones (excluding diaryl/α,β-unsaturated/α-hetero) is 2. The van der Waals surface area contributed by atoms with Gasteiger partial charge >= 0.3 is 0 Å². The van der Waals surface area contributed by atoms with Gasteiger partial charge in [-0.05, 0) is 23.3 Å². The fourth-order valence-corrected chi connectivity index (χ4v) is 1.96. The fraction of sp³-hybridized carbons (Fsp3) is 0.214. The molecule has 92 valence electrons. The Labute approximate surface area is 104 Å². The summed E-state index contributed by atoms with van der Waals surface area (Å²) in [5.41, 5.74) is 7.84. The van der Waals surface area contributed by atoms with E-state index in [9.17, 15) is 14.4 Å². The van der Waals surface area contributed by atoms with Crippen LogP contribution in [0.3, 0.4) is 0 Å². The molecule has 0 atom stereocenters. The molecule has 2 rings (SSSR count). The van der Waals surface area contributed by atoms with Crippen molar-refractivity contribution in [3.05, 3.63) is 40.5 Å². The van der Waals surface area contributed by atoms with Crippen LogP contribution >= 0.6 is 0 Å². The van der Waals surface area contributed by atoms with Crippen molar-refractivity contribution >= 4 is 23.5 Å². The monoisotopic (exact) mass is 243 g/mol. The summed E-state index contributed by atoms with van der Waals surface area (Å²) < 4.78 is 0. The zero-order valence-electron chi connectivity index (χ0n) is 10.0. The maximum atomic E-state index is 11.7. The molecule has 1 aliphatic carbocycles. The summed E-state index contributed by atoms with van der Waals surface area (Å²) >= 11 is 0. The van der Waals surface area contributed by atoms with Crippen LogP contribution in [0, 0.1) is 0 Å².